The Balaban J connectivity index is 1.49. The van der Waals surface area contributed by atoms with E-state index in [1.54, 1.807) is 6.20 Å². The minimum Gasteiger partial charge on any atom is -0.378 e. The largest absolute Gasteiger partial charge is 0.378 e. The Morgan fingerprint density at radius 2 is 1.86 bits per heavy atom. The van der Waals surface area contributed by atoms with Gasteiger partial charge in [-0.15, -0.1) is 0 Å². The number of nitrogens with zero attached hydrogens (tertiary/aromatic N) is 8. The number of sulfonamides is 1. The van der Waals surface area contributed by atoms with Gasteiger partial charge in [-0.05, 0) is 32.1 Å². The highest BCUT2D eigenvalue weighted by atomic mass is 32.2. The van der Waals surface area contributed by atoms with E-state index in [1.165, 1.54) is 19.1 Å². The number of hydrogen-bond donors (Lipinski definition) is 2. The molecule has 0 radical (unpaired) electrons. The van der Waals surface area contributed by atoms with Crippen LogP contribution in [0.5, 0.6) is 0 Å². The van der Waals surface area contributed by atoms with Crippen LogP contribution in [0.2, 0.25) is 0 Å². The van der Waals surface area contributed by atoms with Crippen molar-refractivity contribution in [3.8, 4) is 11.4 Å². The molecule has 2 aliphatic heterocycles. The number of rotatable bonds is 7. The fourth-order valence-electron chi connectivity index (χ4n) is 5.10. The van der Waals surface area contributed by atoms with Gasteiger partial charge in [-0.25, -0.2) is 38.1 Å². The van der Waals surface area contributed by atoms with Crippen LogP contribution in [0.1, 0.15) is 25.0 Å². The molecule has 1 aliphatic carbocycles. The Morgan fingerprint density at radius 1 is 1.08 bits per heavy atom. The monoisotopic (exact) mass is 528 g/mol. The molecular weight excluding hydrogens is 496 g/mol. The molecule has 3 fully saturated rings. The highest BCUT2D eigenvalue weighted by Gasteiger charge is 2.33. The van der Waals surface area contributed by atoms with Crippen molar-refractivity contribution in [2.24, 2.45) is 5.92 Å². The van der Waals surface area contributed by atoms with E-state index in [0.717, 1.165) is 41.5 Å². The van der Waals surface area contributed by atoms with Crippen molar-refractivity contribution in [1.82, 2.24) is 34.2 Å². The Bertz CT molecular complexity index is 1430. The van der Waals surface area contributed by atoms with Gasteiger partial charge < -0.3 is 20.3 Å². The lowest BCUT2D eigenvalue weighted by Crippen LogP contribution is -2.37. The van der Waals surface area contributed by atoms with Crippen LogP contribution in [0, 0.1) is 12.8 Å². The maximum absolute atomic E-state index is 11.8. The second-order valence-electron chi connectivity index (χ2n) is 10.2. The van der Waals surface area contributed by atoms with Gasteiger partial charge in [0, 0.05) is 45.0 Å². The number of imidazole rings is 1. The lowest BCUT2D eigenvalue weighted by molar-refractivity contribution is 0.122. The quantitative estimate of drug-likeness (QED) is 0.441. The minimum absolute atomic E-state index is 0.154. The normalized spacial score (nSPS) is 20.8. The van der Waals surface area contributed by atoms with Gasteiger partial charge in [0.25, 0.3) is 0 Å². The third kappa shape index (κ3) is 5.05. The third-order valence-electron chi connectivity index (χ3n) is 7.10. The maximum atomic E-state index is 11.8. The lowest BCUT2D eigenvalue weighted by Gasteiger charge is -2.28. The van der Waals surface area contributed by atoms with Gasteiger partial charge >= 0.3 is 0 Å². The SMILES string of the molecule is Cc1nc(N)ncc1-c1nc(N2CCOCC2)c2nc(N3CC[C@@H](NS(C)(=O)=O)C3)n(CC3CC3)c2n1. The molecule has 2 saturated heterocycles. The zero-order valence-corrected chi connectivity index (χ0v) is 21.9. The number of anilines is 3. The van der Waals surface area contributed by atoms with Gasteiger partial charge in [0.2, 0.25) is 21.9 Å². The van der Waals surface area contributed by atoms with E-state index in [0.29, 0.717) is 56.8 Å². The molecule has 37 heavy (non-hydrogen) atoms. The van der Waals surface area contributed by atoms with Crippen molar-refractivity contribution >= 4 is 38.9 Å². The van der Waals surface area contributed by atoms with Gasteiger partial charge in [0.15, 0.2) is 22.8 Å². The van der Waals surface area contributed by atoms with Crippen molar-refractivity contribution in [2.45, 2.75) is 38.8 Å². The van der Waals surface area contributed by atoms with Crippen molar-refractivity contribution in [1.29, 1.82) is 0 Å². The Kier molecular flexibility index (Phi) is 6.12. The summed E-state index contributed by atoms with van der Waals surface area (Å²) in [7, 11) is -3.29. The molecule has 3 aromatic rings. The summed E-state index contributed by atoms with van der Waals surface area (Å²) in [5.41, 5.74) is 8.75. The zero-order valence-electron chi connectivity index (χ0n) is 21.1. The summed E-state index contributed by atoms with van der Waals surface area (Å²) < 4.78 is 34.2. The second kappa shape index (κ2) is 9.33. The summed E-state index contributed by atoms with van der Waals surface area (Å²) in [6.45, 7) is 6.59. The van der Waals surface area contributed by atoms with Crippen molar-refractivity contribution in [3.63, 3.8) is 0 Å². The van der Waals surface area contributed by atoms with Crippen LogP contribution < -0.4 is 20.3 Å². The van der Waals surface area contributed by atoms with Gasteiger partial charge in [0.1, 0.15) is 0 Å². The third-order valence-corrected chi connectivity index (χ3v) is 7.86. The van der Waals surface area contributed by atoms with Crippen molar-refractivity contribution < 1.29 is 13.2 Å². The van der Waals surface area contributed by atoms with Crippen LogP contribution in [0.3, 0.4) is 0 Å². The van der Waals surface area contributed by atoms with Crippen LogP contribution in [0.4, 0.5) is 17.7 Å². The molecule has 0 aromatic carbocycles. The smallest absolute Gasteiger partial charge is 0.220 e. The first-order chi connectivity index (χ1) is 17.7. The number of ether oxygens (including phenoxy) is 1. The molecule has 5 heterocycles. The molecule has 3 N–H and O–H groups in total. The van der Waals surface area contributed by atoms with E-state index in [-0.39, 0.29) is 12.0 Å². The average molecular weight is 529 g/mol. The van der Waals surface area contributed by atoms with E-state index in [1.807, 2.05) is 6.92 Å². The Labute approximate surface area is 215 Å². The second-order valence-corrected chi connectivity index (χ2v) is 11.9. The lowest BCUT2D eigenvalue weighted by atomic mass is 10.2. The molecule has 0 bridgehead atoms. The average Bonchev–Trinajstić information content (AvgIpc) is 3.44. The number of aryl methyl sites for hydroxylation is 1. The molecule has 13 nitrogen and oxygen atoms in total. The fourth-order valence-corrected chi connectivity index (χ4v) is 5.90. The molecular formula is C23H32N10O3S. The number of nitrogens with two attached hydrogens (primary N) is 1. The summed E-state index contributed by atoms with van der Waals surface area (Å²) in [6, 6.07) is -0.154. The van der Waals surface area contributed by atoms with E-state index in [9.17, 15) is 8.42 Å². The predicted octanol–water partition coefficient (Wildman–Crippen LogP) is 0.548. The van der Waals surface area contributed by atoms with Crippen LogP contribution >= 0.6 is 0 Å². The molecule has 14 heteroatoms. The highest BCUT2D eigenvalue weighted by molar-refractivity contribution is 7.88. The molecule has 3 aliphatic rings. The van der Waals surface area contributed by atoms with E-state index in [4.69, 9.17) is 25.4 Å². The molecule has 1 saturated carbocycles. The van der Waals surface area contributed by atoms with Crippen LogP contribution in [-0.2, 0) is 21.3 Å². The summed E-state index contributed by atoms with van der Waals surface area (Å²) in [5.74, 6) is 2.90. The predicted molar refractivity (Wildman–Crippen MR) is 140 cm³/mol. The van der Waals surface area contributed by atoms with Crippen molar-refractivity contribution in [3.05, 3.63) is 11.9 Å². The number of aromatic nitrogens is 6. The van der Waals surface area contributed by atoms with E-state index >= 15 is 0 Å². The first-order valence-electron chi connectivity index (χ1n) is 12.7. The van der Waals surface area contributed by atoms with Crippen LogP contribution in [0.15, 0.2) is 6.20 Å². The first kappa shape index (κ1) is 24.2. The number of nitrogen functional groups attached to an aromatic ring is 1. The van der Waals surface area contributed by atoms with E-state index < -0.39 is 10.0 Å². The minimum atomic E-state index is -3.29. The summed E-state index contributed by atoms with van der Waals surface area (Å²) in [4.78, 5) is 28.0. The topological polar surface area (TPSA) is 157 Å². The van der Waals surface area contributed by atoms with Gasteiger partial charge in [-0.3, -0.25) is 4.57 Å². The summed E-state index contributed by atoms with van der Waals surface area (Å²) >= 11 is 0. The summed E-state index contributed by atoms with van der Waals surface area (Å²) in [6.07, 6.45) is 5.95. The molecule has 0 unspecified atom stereocenters. The zero-order chi connectivity index (χ0) is 25.7. The maximum Gasteiger partial charge on any atom is 0.220 e. The Morgan fingerprint density at radius 3 is 2.57 bits per heavy atom. The Hall–Kier alpha value is -3.10. The molecule has 3 aromatic heterocycles. The summed E-state index contributed by atoms with van der Waals surface area (Å²) in [5, 5.41) is 0. The van der Waals surface area contributed by atoms with Crippen LogP contribution in [-0.4, -0.2) is 89.6 Å². The van der Waals surface area contributed by atoms with Crippen LogP contribution in [0.25, 0.3) is 22.6 Å². The van der Waals surface area contributed by atoms with Gasteiger partial charge in [-0.1, -0.05) is 0 Å². The van der Waals surface area contributed by atoms with Gasteiger partial charge in [-0.2, -0.15) is 0 Å². The molecule has 0 spiro atoms. The molecule has 1 atom stereocenters. The fraction of sp³-hybridized carbons (Fsp3) is 0.609. The number of hydrogen-bond acceptors (Lipinski definition) is 11. The number of morpholine rings is 1. The number of nitrogens with one attached hydrogen (secondary N) is 1. The molecule has 6 rings (SSSR count). The number of fused-ring (bicyclic) bond motifs is 1. The van der Waals surface area contributed by atoms with E-state index in [2.05, 4.69) is 29.1 Å². The standard InChI is InChI=1S/C23H32N10O3S/c1-14-17(11-25-22(24)26-14)19-28-20(31-7-9-36-10-8-31)18-21(29-19)33(12-15-3-4-15)23(27-18)32-6-5-16(13-32)30-37(2,34)35/h11,15-16,30H,3-10,12-13H2,1-2H3,(H2,24,25,26)/t16-/m1/s1. The van der Waals surface area contributed by atoms with Crippen molar-refractivity contribution in [2.75, 3.05) is 61.2 Å². The molecule has 198 valence electrons. The highest BCUT2D eigenvalue weighted by Crippen LogP contribution is 2.37. The van der Waals surface area contributed by atoms with Gasteiger partial charge in [0.05, 0.1) is 30.7 Å². The molecule has 0 amide bonds. The first-order valence-corrected chi connectivity index (χ1v) is 14.6.